The molecule has 1 fully saturated rings. The normalized spacial score (nSPS) is 19.1. The third-order valence-electron chi connectivity index (χ3n) is 7.00. The Morgan fingerprint density at radius 3 is 1.94 bits per heavy atom. The molecule has 0 aromatic heterocycles. The maximum atomic E-state index is 13.0. The van der Waals surface area contributed by atoms with Crippen LogP contribution in [0.3, 0.4) is 0 Å². The summed E-state index contributed by atoms with van der Waals surface area (Å²) in [6.07, 6.45) is 4.69. The SMILES string of the molecule is CC(C)(C)C1CCC(C(NC(=O)Nc2ccc(Oc3ccccc3)cc2)c2ccccc2)CC1. The number of amides is 2. The lowest BCUT2D eigenvalue weighted by Crippen LogP contribution is -2.38. The molecule has 3 aromatic rings. The Labute approximate surface area is 203 Å². The molecular formula is C30H36N2O2. The van der Waals surface area contributed by atoms with E-state index in [9.17, 15) is 4.79 Å². The van der Waals surface area contributed by atoms with E-state index >= 15 is 0 Å². The van der Waals surface area contributed by atoms with E-state index in [0.717, 1.165) is 35.9 Å². The van der Waals surface area contributed by atoms with Gasteiger partial charge in [-0.3, -0.25) is 0 Å². The monoisotopic (exact) mass is 456 g/mol. The minimum absolute atomic E-state index is 0.00260. The molecular weight excluding hydrogens is 420 g/mol. The van der Waals surface area contributed by atoms with E-state index in [-0.39, 0.29) is 12.1 Å². The smallest absolute Gasteiger partial charge is 0.319 e. The lowest BCUT2D eigenvalue weighted by atomic mass is 9.68. The molecule has 1 aliphatic rings. The summed E-state index contributed by atoms with van der Waals surface area (Å²) in [4.78, 5) is 13.0. The summed E-state index contributed by atoms with van der Waals surface area (Å²) in [7, 11) is 0. The maximum Gasteiger partial charge on any atom is 0.319 e. The third kappa shape index (κ3) is 6.40. The van der Waals surface area contributed by atoms with Crippen molar-refractivity contribution in [1.82, 2.24) is 5.32 Å². The van der Waals surface area contributed by atoms with Gasteiger partial charge in [0.1, 0.15) is 11.5 Å². The minimum atomic E-state index is -0.177. The fourth-order valence-electron chi connectivity index (χ4n) is 4.99. The van der Waals surface area contributed by atoms with Crippen LogP contribution in [0.4, 0.5) is 10.5 Å². The van der Waals surface area contributed by atoms with Crippen LogP contribution in [-0.4, -0.2) is 6.03 Å². The van der Waals surface area contributed by atoms with Crippen LogP contribution in [0.5, 0.6) is 11.5 Å². The Morgan fingerprint density at radius 2 is 1.35 bits per heavy atom. The van der Waals surface area contributed by atoms with E-state index in [4.69, 9.17) is 4.74 Å². The molecule has 1 atom stereocenters. The quantitative estimate of drug-likeness (QED) is 0.393. The van der Waals surface area contributed by atoms with Crippen molar-refractivity contribution in [2.45, 2.75) is 52.5 Å². The zero-order valence-corrected chi connectivity index (χ0v) is 20.5. The van der Waals surface area contributed by atoms with Gasteiger partial charge in [-0.2, -0.15) is 0 Å². The van der Waals surface area contributed by atoms with E-state index in [1.54, 1.807) is 0 Å². The molecule has 0 radical (unpaired) electrons. The Morgan fingerprint density at radius 1 is 0.794 bits per heavy atom. The van der Waals surface area contributed by atoms with Gasteiger partial charge in [-0.05, 0) is 84.9 Å². The highest BCUT2D eigenvalue weighted by Gasteiger charge is 2.34. The van der Waals surface area contributed by atoms with E-state index in [1.165, 1.54) is 18.4 Å². The molecule has 0 spiro atoms. The predicted octanol–water partition coefficient (Wildman–Crippen LogP) is 8.19. The van der Waals surface area contributed by atoms with Crippen molar-refractivity contribution in [2.24, 2.45) is 17.3 Å². The second-order valence-corrected chi connectivity index (χ2v) is 10.4. The number of ether oxygens (including phenoxy) is 1. The predicted molar refractivity (Wildman–Crippen MR) is 139 cm³/mol. The number of anilines is 1. The fraction of sp³-hybridized carbons (Fsp3) is 0.367. The summed E-state index contributed by atoms with van der Waals surface area (Å²) in [6, 6.07) is 27.3. The maximum absolute atomic E-state index is 13.0. The third-order valence-corrected chi connectivity index (χ3v) is 7.00. The number of hydrogen-bond acceptors (Lipinski definition) is 2. The van der Waals surface area contributed by atoms with Gasteiger partial charge in [0.2, 0.25) is 0 Å². The Bertz CT molecular complexity index is 1030. The van der Waals surface area contributed by atoms with Gasteiger partial charge in [0, 0.05) is 5.69 Å². The molecule has 1 aliphatic carbocycles. The lowest BCUT2D eigenvalue weighted by molar-refractivity contribution is 0.134. The highest BCUT2D eigenvalue weighted by molar-refractivity contribution is 5.89. The van der Waals surface area contributed by atoms with Gasteiger partial charge in [0.15, 0.2) is 0 Å². The summed E-state index contributed by atoms with van der Waals surface area (Å²) in [5, 5.41) is 6.28. The van der Waals surface area contributed by atoms with Crippen molar-refractivity contribution in [3.8, 4) is 11.5 Å². The van der Waals surface area contributed by atoms with Gasteiger partial charge < -0.3 is 15.4 Å². The average Bonchev–Trinajstić information content (AvgIpc) is 2.84. The van der Waals surface area contributed by atoms with Crippen molar-refractivity contribution < 1.29 is 9.53 Å². The Hall–Kier alpha value is -3.27. The van der Waals surface area contributed by atoms with Crippen LogP contribution < -0.4 is 15.4 Å². The summed E-state index contributed by atoms with van der Waals surface area (Å²) < 4.78 is 5.84. The summed E-state index contributed by atoms with van der Waals surface area (Å²) in [5.41, 5.74) is 2.25. The second-order valence-electron chi connectivity index (χ2n) is 10.4. The van der Waals surface area contributed by atoms with Crippen molar-refractivity contribution in [3.63, 3.8) is 0 Å². The molecule has 178 valence electrons. The van der Waals surface area contributed by atoms with E-state index in [0.29, 0.717) is 11.3 Å². The first-order chi connectivity index (χ1) is 16.4. The first-order valence-corrected chi connectivity index (χ1v) is 12.3. The molecule has 1 unspecified atom stereocenters. The fourth-order valence-corrected chi connectivity index (χ4v) is 4.99. The summed E-state index contributed by atoms with van der Waals surface area (Å²) in [5.74, 6) is 2.70. The van der Waals surface area contributed by atoms with E-state index in [2.05, 4.69) is 43.5 Å². The molecule has 3 aromatic carbocycles. The molecule has 2 N–H and O–H groups in total. The molecule has 4 heteroatoms. The van der Waals surface area contributed by atoms with Crippen molar-refractivity contribution in [2.75, 3.05) is 5.32 Å². The number of benzene rings is 3. The zero-order chi connectivity index (χ0) is 24.0. The standard InChI is InChI=1S/C30H36N2O2/c1-30(2,3)24-16-14-23(15-17-24)28(22-10-6-4-7-11-22)32-29(33)31-25-18-20-27(21-19-25)34-26-12-8-5-9-13-26/h4-13,18-21,23-24,28H,14-17H2,1-3H3,(H2,31,32,33). The van der Waals surface area contributed by atoms with Crippen LogP contribution in [0.2, 0.25) is 0 Å². The molecule has 4 rings (SSSR count). The number of carbonyl (C=O) groups is 1. The molecule has 0 bridgehead atoms. The number of nitrogens with one attached hydrogen (secondary N) is 2. The van der Waals surface area contributed by atoms with Gasteiger partial charge in [0.05, 0.1) is 6.04 Å². The van der Waals surface area contributed by atoms with Crippen LogP contribution >= 0.6 is 0 Å². The largest absolute Gasteiger partial charge is 0.457 e. The van der Waals surface area contributed by atoms with Gasteiger partial charge >= 0.3 is 6.03 Å². The van der Waals surface area contributed by atoms with Gasteiger partial charge in [0.25, 0.3) is 0 Å². The van der Waals surface area contributed by atoms with E-state index < -0.39 is 0 Å². The molecule has 4 nitrogen and oxygen atoms in total. The van der Waals surface area contributed by atoms with Gasteiger partial charge in [-0.15, -0.1) is 0 Å². The number of hydrogen-bond donors (Lipinski definition) is 2. The van der Waals surface area contributed by atoms with E-state index in [1.807, 2.05) is 72.8 Å². The zero-order valence-electron chi connectivity index (χ0n) is 20.5. The van der Waals surface area contributed by atoms with Crippen molar-refractivity contribution in [3.05, 3.63) is 90.5 Å². The lowest BCUT2D eigenvalue weighted by Gasteiger charge is -2.39. The van der Waals surface area contributed by atoms with Gasteiger partial charge in [-0.25, -0.2) is 4.79 Å². The van der Waals surface area contributed by atoms with Crippen LogP contribution in [0, 0.1) is 17.3 Å². The Kier molecular flexibility index (Phi) is 7.56. The first kappa shape index (κ1) is 23.9. The van der Waals surface area contributed by atoms with Crippen LogP contribution in [0.1, 0.15) is 58.1 Å². The molecule has 34 heavy (non-hydrogen) atoms. The molecule has 0 saturated heterocycles. The Balaban J connectivity index is 1.39. The molecule has 1 saturated carbocycles. The van der Waals surface area contributed by atoms with Crippen molar-refractivity contribution >= 4 is 11.7 Å². The number of urea groups is 1. The van der Waals surface area contributed by atoms with Crippen LogP contribution in [-0.2, 0) is 0 Å². The highest BCUT2D eigenvalue weighted by atomic mass is 16.5. The van der Waals surface area contributed by atoms with Crippen molar-refractivity contribution in [1.29, 1.82) is 0 Å². The van der Waals surface area contributed by atoms with Gasteiger partial charge in [-0.1, -0.05) is 69.3 Å². The molecule has 0 heterocycles. The number of carbonyl (C=O) groups excluding carboxylic acids is 1. The minimum Gasteiger partial charge on any atom is -0.457 e. The van der Waals surface area contributed by atoms with Crippen LogP contribution in [0.15, 0.2) is 84.9 Å². The average molecular weight is 457 g/mol. The van der Waals surface area contributed by atoms with Crippen LogP contribution in [0.25, 0.3) is 0 Å². The molecule has 2 amide bonds. The number of para-hydroxylation sites is 1. The first-order valence-electron chi connectivity index (χ1n) is 12.3. The summed E-state index contributed by atoms with van der Waals surface area (Å²) >= 11 is 0. The molecule has 0 aliphatic heterocycles. The topological polar surface area (TPSA) is 50.4 Å². The summed E-state index contributed by atoms with van der Waals surface area (Å²) in [6.45, 7) is 7.03. The second kappa shape index (κ2) is 10.8. The number of rotatable bonds is 6. The highest BCUT2D eigenvalue weighted by Crippen LogP contribution is 2.43.